The molecule has 1 atom stereocenters. The fraction of sp³-hybridized carbons (Fsp3) is 0.867. The number of likely N-dealkylation sites (tertiary alicyclic amines) is 1. The van der Waals surface area contributed by atoms with E-state index in [1.54, 1.807) is 6.33 Å². The molecule has 1 saturated carbocycles. The van der Waals surface area contributed by atoms with Crippen molar-refractivity contribution in [2.24, 2.45) is 0 Å². The zero-order valence-electron chi connectivity index (χ0n) is 13.8. The Balaban J connectivity index is 1.61. The quantitative estimate of drug-likeness (QED) is 0.839. The first-order chi connectivity index (χ1) is 11.1. The fourth-order valence-corrected chi connectivity index (χ4v) is 5.43. The van der Waals surface area contributed by atoms with Crippen LogP contribution < -0.4 is 4.72 Å². The molecule has 3 rings (SSSR count). The molecule has 0 radical (unpaired) electrons. The monoisotopic (exact) mass is 341 g/mol. The molecule has 0 amide bonds. The van der Waals surface area contributed by atoms with Crippen LogP contribution in [0.15, 0.2) is 6.33 Å². The molecule has 1 saturated heterocycles. The van der Waals surface area contributed by atoms with Crippen LogP contribution in [-0.2, 0) is 23.1 Å². The van der Waals surface area contributed by atoms with E-state index in [0.717, 1.165) is 57.4 Å². The molecular weight excluding hydrogens is 314 g/mol. The first kappa shape index (κ1) is 16.9. The Morgan fingerprint density at radius 2 is 2.04 bits per heavy atom. The van der Waals surface area contributed by atoms with Gasteiger partial charge in [0.1, 0.15) is 12.2 Å². The number of nitrogens with one attached hydrogen (secondary N) is 1. The van der Waals surface area contributed by atoms with Crippen LogP contribution in [0.1, 0.15) is 51.3 Å². The number of rotatable bonds is 6. The SMILES string of the molecule is CCn1ncnc1CN1CCCC(S(=O)(=O)NC2CCCC2)C1. The van der Waals surface area contributed by atoms with Gasteiger partial charge in [0.2, 0.25) is 10.0 Å². The fourth-order valence-electron chi connectivity index (χ4n) is 3.66. The number of piperidine rings is 1. The Kier molecular flexibility index (Phi) is 5.33. The van der Waals surface area contributed by atoms with Gasteiger partial charge in [-0.15, -0.1) is 0 Å². The Bertz CT molecular complexity index is 609. The van der Waals surface area contributed by atoms with Gasteiger partial charge in [-0.25, -0.2) is 22.8 Å². The zero-order valence-corrected chi connectivity index (χ0v) is 14.6. The number of aromatic nitrogens is 3. The normalized spacial score (nSPS) is 24.3. The lowest BCUT2D eigenvalue weighted by molar-refractivity contribution is 0.213. The number of hydrogen-bond acceptors (Lipinski definition) is 5. The van der Waals surface area contributed by atoms with Gasteiger partial charge in [-0.1, -0.05) is 12.8 Å². The van der Waals surface area contributed by atoms with Crippen LogP contribution in [0, 0.1) is 0 Å². The predicted molar refractivity (Wildman–Crippen MR) is 88.3 cm³/mol. The van der Waals surface area contributed by atoms with Gasteiger partial charge in [-0.2, -0.15) is 5.10 Å². The van der Waals surface area contributed by atoms with Crippen molar-refractivity contribution in [2.75, 3.05) is 13.1 Å². The van der Waals surface area contributed by atoms with E-state index in [1.807, 2.05) is 11.6 Å². The van der Waals surface area contributed by atoms with Crippen molar-refractivity contribution in [1.82, 2.24) is 24.4 Å². The number of nitrogens with zero attached hydrogens (tertiary/aromatic N) is 4. The average molecular weight is 341 g/mol. The highest BCUT2D eigenvalue weighted by Crippen LogP contribution is 2.22. The molecule has 1 aromatic rings. The van der Waals surface area contributed by atoms with E-state index in [9.17, 15) is 8.42 Å². The molecular formula is C15H27N5O2S. The van der Waals surface area contributed by atoms with Crippen LogP contribution >= 0.6 is 0 Å². The topological polar surface area (TPSA) is 80.1 Å². The van der Waals surface area contributed by atoms with E-state index >= 15 is 0 Å². The van der Waals surface area contributed by atoms with Gasteiger partial charge < -0.3 is 0 Å². The molecule has 1 unspecified atom stereocenters. The minimum Gasteiger partial charge on any atom is -0.295 e. The maximum absolute atomic E-state index is 12.6. The molecule has 1 aliphatic heterocycles. The van der Waals surface area contributed by atoms with Crippen molar-refractivity contribution in [1.29, 1.82) is 0 Å². The molecule has 0 spiro atoms. The molecule has 2 heterocycles. The Hall–Kier alpha value is -0.990. The number of hydrogen-bond donors (Lipinski definition) is 1. The van der Waals surface area contributed by atoms with Crippen molar-refractivity contribution >= 4 is 10.0 Å². The summed E-state index contributed by atoms with van der Waals surface area (Å²) in [6, 6.07) is 0.151. The van der Waals surface area contributed by atoms with Gasteiger partial charge in [-0.3, -0.25) is 4.90 Å². The molecule has 0 aromatic carbocycles. The Labute approximate surface area is 138 Å². The second-order valence-electron chi connectivity index (χ2n) is 6.64. The van der Waals surface area contributed by atoms with Gasteiger partial charge in [0.15, 0.2) is 0 Å². The first-order valence-electron chi connectivity index (χ1n) is 8.68. The highest BCUT2D eigenvalue weighted by atomic mass is 32.2. The average Bonchev–Trinajstić information content (AvgIpc) is 3.18. The lowest BCUT2D eigenvalue weighted by Crippen LogP contribution is -2.48. The summed E-state index contributed by atoms with van der Waals surface area (Å²) in [5.74, 6) is 0.911. The molecule has 130 valence electrons. The summed E-state index contributed by atoms with van der Waals surface area (Å²) < 4.78 is 30.1. The highest BCUT2D eigenvalue weighted by molar-refractivity contribution is 7.90. The third kappa shape index (κ3) is 4.10. The summed E-state index contributed by atoms with van der Waals surface area (Å²) in [4.78, 5) is 6.49. The molecule has 1 aromatic heterocycles. The van der Waals surface area contributed by atoms with Crippen LogP contribution in [0.25, 0.3) is 0 Å². The van der Waals surface area contributed by atoms with Gasteiger partial charge >= 0.3 is 0 Å². The summed E-state index contributed by atoms with van der Waals surface area (Å²) >= 11 is 0. The molecule has 1 N–H and O–H groups in total. The molecule has 2 fully saturated rings. The molecule has 23 heavy (non-hydrogen) atoms. The summed E-state index contributed by atoms with van der Waals surface area (Å²) in [6.07, 6.45) is 7.46. The second kappa shape index (κ2) is 7.27. The minimum atomic E-state index is -3.23. The summed E-state index contributed by atoms with van der Waals surface area (Å²) in [6.45, 7) is 5.00. The second-order valence-corrected chi connectivity index (χ2v) is 8.63. The molecule has 1 aliphatic carbocycles. The zero-order chi connectivity index (χ0) is 16.3. The van der Waals surface area contributed by atoms with Crippen LogP contribution in [0.4, 0.5) is 0 Å². The molecule has 2 aliphatic rings. The van der Waals surface area contributed by atoms with Crippen molar-refractivity contribution in [3.8, 4) is 0 Å². The van der Waals surface area contributed by atoms with Gasteiger partial charge in [0.25, 0.3) is 0 Å². The first-order valence-corrected chi connectivity index (χ1v) is 10.2. The van der Waals surface area contributed by atoms with Crippen molar-refractivity contribution in [2.45, 2.75) is 69.8 Å². The van der Waals surface area contributed by atoms with Crippen LogP contribution in [-0.4, -0.2) is 52.5 Å². The number of aryl methyl sites for hydroxylation is 1. The molecule has 7 nitrogen and oxygen atoms in total. The van der Waals surface area contributed by atoms with Crippen molar-refractivity contribution in [3.05, 3.63) is 12.2 Å². The van der Waals surface area contributed by atoms with Gasteiger partial charge in [0, 0.05) is 19.1 Å². The van der Waals surface area contributed by atoms with Crippen molar-refractivity contribution in [3.63, 3.8) is 0 Å². The summed E-state index contributed by atoms with van der Waals surface area (Å²) in [5.41, 5.74) is 0. The number of sulfonamides is 1. The third-order valence-corrected chi connectivity index (χ3v) is 6.87. The van der Waals surface area contributed by atoms with E-state index in [0.29, 0.717) is 13.1 Å². The summed E-state index contributed by atoms with van der Waals surface area (Å²) in [5, 5.41) is 3.87. The molecule has 0 bridgehead atoms. The smallest absolute Gasteiger partial charge is 0.215 e. The lowest BCUT2D eigenvalue weighted by atomic mass is 10.1. The molecule has 8 heteroatoms. The third-order valence-electron chi connectivity index (χ3n) is 4.95. The summed E-state index contributed by atoms with van der Waals surface area (Å²) in [7, 11) is -3.23. The van der Waals surface area contributed by atoms with Gasteiger partial charge in [-0.05, 0) is 39.2 Å². The van der Waals surface area contributed by atoms with E-state index in [4.69, 9.17) is 0 Å². The standard InChI is InChI=1S/C15H27N5O2S/c1-2-20-15(16-12-17-20)11-19-9-5-8-14(10-19)23(21,22)18-13-6-3-4-7-13/h12-14,18H,2-11H2,1H3. The van der Waals surface area contributed by atoms with E-state index in [2.05, 4.69) is 19.7 Å². The maximum Gasteiger partial charge on any atom is 0.215 e. The minimum absolute atomic E-state index is 0.151. The van der Waals surface area contributed by atoms with Crippen LogP contribution in [0.2, 0.25) is 0 Å². The predicted octanol–water partition coefficient (Wildman–Crippen LogP) is 1.12. The van der Waals surface area contributed by atoms with Crippen LogP contribution in [0.5, 0.6) is 0 Å². The van der Waals surface area contributed by atoms with E-state index in [-0.39, 0.29) is 11.3 Å². The van der Waals surface area contributed by atoms with Crippen molar-refractivity contribution < 1.29 is 8.42 Å². The van der Waals surface area contributed by atoms with E-state index in [1.165, 1.54) is 0 Å². The largest absolute Gasteiger partial charge is 0.295 e. The van der Waals surface area contributed by atoms with E-state index < -0.39 is 10.0 Å². The lowest BCUT2D eigenvalue weighted by Gasteiger charge is -2.32. The highest BCUT2D eigenvalue weighted by Gasteiger charge is 2.33. The van der Waals surface area contributed by atoms with Crippen LogP contribution in [0.3, 0.4) is 0 Å². The maximum atomic E-state index is 12.6. The van der Waals surface area contributed by atoms with Gasteiger partial charge in [0.05, 0.1) is 11.8 Å². The Morgan fingerprint density at radius 3 is 2.78 bits per heavy atom. The Morgan fingerprint density at radius 1 is 1.26 bits per heavy atom.